The first-order chi connectivity index (χ1) is 4.84. The molecule has 0 aromatic rings. The molecule has 1 N–H and O–H groups in total. The van der Waals surface area contributed by atoms with Crippen molar-refractivity contribution in [1.29, 1.82) is 0 Å². The lowest BCUT2D eigenvalue weighted by atomic mass is 10.4. The summed E-state index contributed by atoms with van der Waals surface area (Å²) in [5.74, 6) is -0.0186. The Hall–Kier alpha value is 0.310. The lowest BCUT2D eigenvalue weighted by Gasteiger charge is -2.14. The molecule has 0 amide bonds. The Balaban J connectivity index is 2.18. The van der Waals surface area contributed by atoms with Crippen molar-refractivity contribution in [3.8, 4) is 0 Å². The van der Waals surface area contributed by atoms with Gasteiger partial charge < -0.3 is 14.2 Å². The fraction of sp³-hybridized carbons (Fsp3) is 1.00. The minimum Gasteiger partial charge on any atom is -0.369 e. The molecule has 4 heteroatoms. The van der Waals surface area contributed by atoms with Gasteiger partial charge in [-0.1, -0.05) is 0 Å². The fourth-order valence-corrected chi connectivity index (χ4v) is 2.02. The van der Waals surface area contributed by atoms with E-state index in [1.165, 1.54) is 0 Å². The molecule has 1 heterocycles. The van der Waals surface area contributed by atoms with Crippen LogP contribution in [0.25, 0.3) is 0 Å². The second-order valence-corrected chi connectivity index (χ2v) is 3.63. The Morgan fingerprint density at radius 3 is 3.10 bits per heavy atom. The normalized spacial score (nSPS) is 28.8. The zero-order valence-corrected chi connectivity index (χ0v) is 7.01. The molecule has 0 bridgehead atoms. The highest BCUT2D eigenvalue weighted by Crippen LogP contribution is 2.42. The predicted molar refractivity (Wildman–Crippen MR) is 39.7 cm³/mol. The maximum Gasteiger partial charge on any atom is 0.198 e. The number of ether oxygens (including phenoxy) is 1. The van der Waals surface area contributed by atoms with Crippen molar-refractivity contribution < 1.29 is 14.2 Å². The first-order valence-electron chi connectivity index (χ1n) is 3.57. The van der Waals surface area contributed by atoms with Crippen molar-refractivity contribution in [3.63, 3.8) is 0 Å². The van der Waals surface area contributed by atoms with Crippen LogP contribution in [0.4, 0.5) is 0 Å². The second kappa shape index (κ2) is 4.24. The molecule has 0 aromatic carbocycles. The summed E-state index contributed by atoms with van der Waals surface area (Å²) in [7, 11) is -1.30. The summed E-state index contributed by atoms with van der Waals surface area (Å²) in [5.41, 5.74) is 0. The molecule has 0 aromatic heterocycles. The molecule has 1 fully saturated rings. The molecule has 1 saturated heterocycles. The van der Waals surface area contributed by atoms with E-state index in [9.17, 15) is 4.89 Å². The zero-order chi connectivity index (χ0) is 7.40. The van der Waals surface area contributed by atoms with Crippen LogP contribution in [0.5, 0.6) is 0 Å². The smallest absolute Gasteiger partial charge is 0.198 e. The van der Waals surface area contributed by atoms with Crippen molar-refractivity contribution in [1.82, 2.24) is 0 Å². The molecule has 0 spiro atoms. The average molecular weight is 164 g/mol. The van der Waals surface area contributed by atoms with Crippen LogP contribution in [-0.2, 0) is 9.26 Å². The molecule has 0 radical (unpaired) electrons. The largest absolute Gasteiger partial charge is 0.369 e. The quantitative estimate of drug-likeness (QED) is 0.642. The number of hydrogen-bond donors (Lipinski definition) is 1. The monoisotopic (exact) mass is 164 g/mol. The van der Waals surface area contributed by atoms with E-state index in [0.29, 0.717) is 6.61 Å². The summed E-state index contributed by atoms with van der Waals surface area (Å²) in [6.07, 6.45) is 2.00. The van der Waals surface area contributed by atoms with Gasteiger partial charge in [0.25, 0.3) is 0 Å². The molecule has 60 valence electrons. The summed E-state index contributed by atoms with van der Waals surface area (Å²) in [6.45, 7) is 3.22. The SMILES string of the molecule is CCOP(O)C1CCCO1. The number of rotatable bonds is 3. The lowest BCUT2D eigenvalue weighted by Crippen LogP contribution is -2.03. The van der Waals surface area contributed by atoms with E-state index in [2.05, 4.69) is 0 Å². The molecule has 0 aliphatic carbocycles. The Bertz CT molecular complexity index is 93.0. The Morgan fingerprint density at radius 1 is 1.80 bits per heavy atom. The van der Waals surface area contributed by atoms with Crippen molar-refractivity contribution in [2.24, 2.45) is 0 Å². The summed E-state index contributed by atoms with van der Waals surface area (Å²) >= 11 is 0. The molecular formula is C6H13O3P. The van der Waals surface area contributed by atoms with Crippen molar-refractivity contribution in [3.05, 3.63) is 0 Å². The van der Waals surface area contributed by atoms with E-state index in [1.807, 2.05) is 6.92 Å². The van der Waals surface area contributed by atoms with Crippen LogP contribution < -0.4 is 0 Å². The van der Waals surface area contributed by atoms with Crippen LogP contribution in [0, 0.1) is 0 Å². The van der Waals surface area contributed by atoms with Gasteiger partial charge in [0.15, 0.2) is 8.38 Å². The summed E-state index contributed by atoms with van der Waals surface area (Å²) < 4.78 is 10.2. The van der Waals surface area contributed by atoms with Crippen LogP contribution in [0.15, 0.2) is 0 Å². The van der Waals surface area contributed by atoms with Crippen molar-refractivity contribution >= 4 is 8.38 Å². The predicted octanol–water partition coefficient (Wildman–Crippen LogP) is 1.46. The number of hydrogen-bond acceptors (Lipinski definition) is 3. The Kier molecular flexibility index (Phi) is 3.57. The van der Waals surface area contributed by atoms with E-state index in [0.717, 1.165) is 19.4 Å². The van der Waals surface area contributed by atoms with Crippen LogP contribution in [0.3, 0.4) is 0 Å². The minimum atomic E-state index is -1.30. The topological polar surface area (TPSA) is 38.7 Å². The van der Waals surface area contributed by atoms with Gasteiger partial charge in [0.1, 0.15) is 5.85 Å². The van der Waals surface area contributed by atoms with Gasteiger partial charge in [0, 0.05) is 6.61 Å². The van der Waals surface area contributed by atoms with E-state index in [4.69, 9.17) is 9.26 Å². The van der Waals surface area contributed by atoms with E-state index >= 15 is 0 Å². The highest BCUT2D eigenvalue weighted by molar-refractivity contribution is 7.46. The molecule has 1 aliphatic rings. The van der Waals surface area contributed by atoms with Gasteiger partial charge >= 0.3 is 0 Å². The van der Waals surface area contributed by atoms with Crippen LogP contribution in [-0.4, -0.2) is 24.0 Å². The van der Waals surface area contributed by atoms with Gasteiger partial charge in [-0.3, -0.25) is 0 Å². The van der Waals surface area contributed by atoms with E-state index < -0.39 is 8.38 Å². The average Bonchev–Trinajstić information content (AvgIpc) is 2.38. The molecule has 10 heavy (non-hydrogen) atoms. The van der Waals surface area contributed by atoms with Crippen LogP contribution in [0.2, 0.25) is 0 Å². The van der Waals surface area contributed by atoms with Gasteiger partial charge in [-0.2, -0.15) is 0 Å². The first-order valence-corrected chi connectivity index (χ1v) is 4.85. The van der Waals surface area contributed by atoms with E-state index in [-0.39, 0.29) is 5.85 Å². The standard InChI is InChI=1S/C6H13O3P/c1-2-9-10(7)6-4-3-5-8-6/h6-7H,2-5H2,1H3. The highest BCUT2D eigenvalue weighted by Gasteiger charge is 2.24. The third kappa shape index (κ3) is 2.17. The molecule has 1 aliphatic heterocycles. The van der Waals surface area contributed by atoms with Gasteiger partial charge in [-0.25, -0.2) is 0 Å². The Labute approximate surface area is 62.3 Å². The molecular weight excluding hydrogens is 151 g/mol. The van der Waals surface area contributed by atoms with Crippen LogP contribution >= 0.6 is 8.38 Å². The van der Waals surface area contributed by atoms with Gasteiger partial charge in [0.2, 0.25) is 0 Å². The second-order valence-electron chi connectivity index (χ2n) is 2.19. The maximum atomic E-state index is 9.27. The Morgan fingerprint density at radius 2 is 2.60 bits per heavy atom. The molecule has 1 rings (SSSR count). The van der Waals surface area contributed by atoms with Crippen molar-refractivity contribution in [2.75, 3.05) is 13.2 Å². The first kappa shape index (κ1) is 8.41. The fourth-order valence-electron chi connectivity index (χ4n) is 0.950. The van der Waals surface area contributed by atoms with E-state index in [1.54, 1.807) is 0 Å². The van der Waals surface area contributed by atoms with Gasteiger partial charge in [-0.15, -0.1) is 0 Å². The van der Waals surface area contributed by atoms with Crippen LogP contribution in [0.1, 0.15) is 19.8 Å². The zero-order valence-electron chi connectivity index (χ0n) is 6.12. The van der Waals surface area contributed by atoms with Gasteiger partial charge in [-0.05, 0) is 19.8 Å². The summed E-state index contributed by atoms with van der Waals surface area (Å²) in [6, 6.07) is 0. The molecule has 2 atom stereocenters. The summed E-state index contributed by atoms with van der Waals surface area (Å²) in [4.78, 5) is 9.27. The molecule has 3 nitrogen and oxygen atoms in total. The van der Waals surface area contributed by atoms with Gasteiger partial charge in [0.05, 0.1) is 6.61 Å². The highest BCUT2D eigenvalue weighted by atomic mass is 31.2. The molecule has 0 saturated carbocycles. The third-order valence-electron chi connectivity index (χ3n) is 1.41. The minimum absolute atomic E-state index is 0.0186. The van der Waals surface area contributed by atoms with Crippen molar-refractivity contribution in [2.45, 2.75) is 25.6 Å². The summed E-state index contributed by atoms with van der Waals surface area (Å²) in [5, 5.41) is 0. The lowest BCUT2D eigenvalue weighted by molar-refractivity contribution is 0.146. The maximum absolute atomic E-state index is 9.27. The molecule has 2 unspecified atom stereocenters. The third-order valence-corrected chi connectivity index (χ3v) is 2.84.